The molecule has 98 valence electrons. The fourth-order valence-electron chi connectivity index (χ4n) is 1.53. The molecule has 0 aliphatic rings. The maximum Gasteiger partial charge on any atom is 0.274 e. The summed E-state index contributed by atoms with van der Waals surface area (Å²) >= 11 is 5.71. The SMILES string of the molecule is CNc1ccnc(C(=O)Nc2cc(F)cc(Cl)c2)c1. The summed E-state index contributed by atoms with van der Waals surface area (Å²) in [5.74, 6) is -0.946. The number of hydrogen-bond acceptors (Lipinski definition) is 3. The highest BCUT2D eigenvalue weighted by Crippen LogP contribution is 2.18. The van der Waals surface area contributed by atoms with Crippen LogP contribution in [0.15, 0.2) is 36.5 Å². The number of hydrogen-bond donors (Lipinski definition) is 2. The molecule has 2 N–H and O–H groups in total. The van der Waals surface area contributed by atoms with Crippen LogP contribution in [0.25, 0.3) is 0 Å². The first-order valence-corrected chi connectivity index (χ1v) is 5.87. The highest BCUT2D eigenvalue weighted by molar-refractivity contribution is 6.31. The zero-order chi connectivity index (χ0) is 13.8. The Morgan fingerprint density at radius 3 is 2.74 bits per heavy atom. The maximum absolute atomic E-state index is 13.1. The first kappa shape index (κ1) is 13.3. The molecule has 0 unspecified atom stereocenters. The van der Waals surface area contributed by atoms with Crippen molar-refractivity contribution in [3.05, 3.63) is 53.1 Å². The van der Waals surface area contributed by atoms with E-state index in [0.29, 0.717) is 0 Å². The van der Waals surface area contributed by atoms with Crippen molar-refractivity contribution in [2.24, 2.45) is 0 Å². The Bertz CT molecular complexity index is 598. The standard InChI is InChI=1S/C13H11ClFN3O/c1-16-10-2-3-17-12(7-10)13(19)18-11-5-8(14)4-9(15)6-11/h2-7H,1H3,(H,16,17)(H,18,19). The molecule has 0 aliphatic heterocycles. The van der Waals surface area contributed by atoms with E-state index in [0.717, 1.165) is 11.8 Å². The molecule has 0 bridgehead atoms. The molecule has 0 fully saturated rings. The van der Waals surface area contributed by atoms with Gasteiger partial charge in [-0.25, -0.2) is 4.39 Å². The molecule has 0 saturated carbocycles. The number of amides is 1. The molecule has 6 heteroatoms. The van der Waals surface area contributed by atoms with Crippen molar-refractivity contribution in [1.82, 2.24) is 4.98 Å². The molecule has 19 heavy (non-hydrogen) atoms. The van der Waals surface area contributed by atoms with Gasteiger partial charge in [-0.1, -0.05) is 11.6 Å². The van der Waals surface area contributed by atoms with E-state index >= 15 is 0 Å². The second-order valence-electron chi connectivity index (χ2n) is 3.79. The van der Waals surface area contributed by atoms with Gasteiger partial charge >= 0.3 is 0 Å². The Labute approximate surface area is 114 Å². The van der Waals surface area contributed by atoms with E-state index in [1.165, 1.54) is 18.3 Å². The van der Waals surface area contributed by atoms with Crippen molar-refractivity contribution in [3.8, 4) is 0 Å². The smallest absolute Gasteiger partial charge is 0.274 e. The lowest BCUT2D eigenvalue weighted by Crippen LogP contribution is -2.14. The molecule has 1 heterocycles. The van der Waals surface area contributed by atoms with E-state index in [4.69, 9.17) is 11.6 Å². The van der Waals surface area contributed by atoms with E-state index in [1.807, 2.05) is 0 Å². The summed E-state index contributed by atoms with van der Waals surface area (Å²) in [6.07, 6.45) is 1.51. The fraction of sp³-hybridized carbons (Fsp3) is 0.0769. The Morgan fingerprint density at radius 2 is 2.05 bits per heavy atom. The van der Waals surface area contributed by atoms with E-state index in [2.05, 4.69) is 15.6 Å². The van der Waals surface area contributed by atoms with Crippen LogP contribution >= 0.6 is 11.6 Å². The lowest BCUT2D eigenvalue weighted by molar-refractivity contribution is 0.102. The average molecular weight is 280 g/mol. The molecule has 1 amide bonds. The van der Waals surface area contributed by atoms with Gasteiger partial charge in [-0.05, 0) is 30.3 Å². The summed E-state index contributed by atoms with van der Waals surface area (Å²) in [5.41, 5.74) is 1.27. The van der Waals surface area contributed by atoms with Gasteiger partial charge in [0.15, 0.2) is 0 Å². The Kier molecular flexibility index (Phi) is 3.97. The van der Waals surface area contributed by atoms with Gasteiger partial charge in [-0.3, -0.25) is 9.78 Å². The zero-order valence-electron chi connectivity index (χ0n) is 10.1. The van der Waals surface area contributed by atoms with Crippen molar-refractivity contribution in [2.45, 2.75) is 0 Å². The summed E-state index contributed by atoms with van der Waals surface area (Å²) in [5, 5.41) is 5.66. The van der Waals surface area contributed by atoms with Crippen molar-refractivity contribution in [1.29, 1.82) is 0 Å². The molecule has 2 aromatic rings. The van der Waals surface area contributed by atoms with Crippen LogP contribution in [-0.2, 0) is 0 Å². The van der Waals surface area contributed by atoms with Crippen LogP contribution in [0.5, 0.6) is 0 Å². The number of anilines is 2. The molecule has 0 atom stereocenters. The highest BCUT2D eigenvalue weighted by Gasteiger charge is 2.09. The topological polar surface area (TPSA) is 54.0 Å². The second kappa shape index (κ2) is 5.67. The molecule has 0 saturated heterocycles. The van der Waals surface area contributed by atoms with Crippen molar-refractivity contribution in [3.63, 3.8) is 0 Å². The maximum atomic E-state index is 13.1. The first-order chi connectivity index (χ1) is 9.08. The van der Waals surface area contributed by atoms with Crippen molar-refractivity contribution in [2.75, 3.05) is 17.7 Å². The quantitative estimate of drug-likeness (QED) is 0.907. The molecular formula is C13H11ClFN3O. The Morgan fingerprint density at radius 1 is 1.26 bits per heavy atom. The largest absolute Gasteiger partial charge is 0.388 e. The van der Waals surface area contributed by atoms with Gasteiger partial charge in [0.2, 0.25) is 0 Å². The van der Waals surface area contributed by atoms with Gasteiger partial charge in [-0.2, -0.15) is 0 Å². The van der Waals surface area contributed by atoms with Gasteiger partial charge < -0.3 is 10.6 Å². The second-order valence-corrected chi connectivity index (χ2v) is 4.23. The molecule has 2 rings (SSSR count). The van der Waals surface area contributed by atoms with Crippen LogP contribution in [-0.4, -0.2) is 17.9 Å². The summed E-state index contributed by atoms with van der Waals surface area (Å²) < 4.78 is 13.1. The summed E-state index contributed by atoms with van der Waals surface area (Å²) in [4.78, 5) is 15.9. The van der Waals surface area contributed by atoms with Crippen LogP contribution in [0.1, 0.15) is 10.5 Å². The van der Waals surface area contributed by atoms with E-state index < -0.39 is 11.7 Å². The third kappa shape index (κ3) is 3.42. The van der Waals surface area contributed by atoms with Gasteiger partial charge in [0.25, 0.3) is 5.91 Å². The molecule has 1 aromatic heterocycles. The third-order valence-corrected chi connectivity index (χ3v) is 2.62. The van der Waals surface area contributed by atoms with Crippen molar-refractivity contribution >= 4 is 28.9 Å². The number of benzene rings is 1. The van der Waals surface area contributed by atoms with Crippen LogP contribution < -0.4 is 10.6 Å². The number of carbonyl (C=O) groups excluding carboxylic acids is 1. The van der Waals surface area contributed by atoms with Crippen molar-refractivity contribution < 1.29 is 9.18 Å². The number of nitrogens with one attached hydrogen (secondary N) is 2. The summed E-state index contributed by atoms with van der Waals surface area (Å²) in [6.45, 7) is 0. The number of halogens is 2. The summed E-state index contributed by atoms with van der Waals surface area (Å²) in [6, 6.07) is 7.14. The lowest BCUT2D eigenvalue weighted by Gasteiger charge is -2.06. The monoisotopic (exact) mass is 279 g/mol. The van der Waals surface area contributed by atoms with Gasteiger partial charge in [0.1, 0.15) is 11.5 Å². The predicted octanol–water partition coefficient (Wildman–Crippen LogP) is 3.17. The van der Waals surface area contributed by atoms with Crippen LogP contribution in [0.2, 0.25) is 5.02 Å². The van der Waals surface area contributed by atoms with Gasteiger partial charge in [0.05, 0.1) is 0 Å². The van der Waals surface area contributed by atoms with E-state index in [9.17, 15) is 9.18 Å². The number of pyridine rings is 1. The van der Waals surface area contributed by atoms with E-state index in [1.54, 1.807) is 19.2 Å². The number of rotatable bonds is 3. The zero-order valence-corrected chi connectivity index (χ0v) is 10.8. The third-order valence-electron chi connectivity index (χ3n) is 2.40. The average Bonchev–Trinajstić information content (AvgIpc) is 2.37. The number of nitrogens with zero attached hydrogens (tertiary/aromatic N) is 1. The predicted molar refractivity (Wildman–Crippen MR) is 73.1 cm³/mol. The molecule has 0 spiro atoms. The minimum absolute atomic E-state index is 0.215. The van der Waals surface area contributed by atoms with Crippen LogP contribution in [0, 0.1) is 5.82 Å². The molecule has 0 aliphatic carbocycles. The first-order valence-electron chi connectivity index (χ1n) is 5.50. The molecular weight excluding hydrogens is 269 g/mol. The van der Waals surface area contributed by atoms with Gasteiger partial charge in [0, 0.05) is 29.6 Å². The summed E-state index contributed by atoms with van der Waals surface area (Å²) in [7, 11) is 1.74. The molecule has 1 aromatic carbocycles. The number of aromatic nitrogens is 1. The normalized spacial score (nSPS) is 10.1. The Hall–Kier alpha value is -2.14. The minimum Gasteiger partial charge on any atom is -0.388 e. The number of carbonyl (C=O) groups is 1. The van der Waals surface area contributed by atoms with Gasteiger partial charge in [-0.15, -0.1) is 0 Å². The highest BCUT2D eigenvalue weighted by atomic mass is 35.5. The molecule has 4 nitrogen and oxygen atoms in total. The minimum atomic E-state index is -0.514. The fourth-order valence-corrected chi connectivity index (χ4v) is 1.75. The van der Waals surface area contributed by atoms with Crippen LogP contribution in [0.3, 0.4) is 0 Å². The lowest BCUT2D eigenvalue weighted by atomic mass is 10.2. The Balaban J connectivity index is 2.20. The van der Waals surface area contributed by atoms with E-state index in [-0.39, 0.29) is 16.4 Å². The molecule has 0 radical (unpaired) electrons. The van der Waals surface area contributed by atoms with Crippen LogP contribution in [0.4, 0.5) is 15.8 Å².